The van der Waals surface area contributed by atoms with Gasteiger partial charge in [0.2, 0.25) is 5.91 Å². The summed E-state index contributed by atoms with van der Waals surface area (Å²) in [6, 6.07) is 1.04. The first-order chi connectivity index (χ1) is 8.11. The van der Waals surface area contributed by atoms with E-state index < -0.39 is 0 Å². The van der Waals surface area contributed by atoms with E-state index in [1.807, 2.05) is 11.9 Å². The third kappa shape index (κ3) is 3.19. The summed E-state index contributed by atoms with van der Waals surface area (Å²) in [5, 5.41) is 0. The van der Waals surface area contributed by atoms with Crippen molar-refractivity contribution < 1.29 is 4.79 Å². The van der Waals surface area contributed by atoms with Crippen LogP contribution in [0.5, 0.6) is 0 Å². The molecule has 2 fully saturated rings. The summed E-state index contributed by atoms with van der Waals surface area (Å²) >= 11 is 0. The van der Waals surface area contributed by atoms with E-state index in [1.165, 1.54) is 25.7 Å². The van der Waals surface area contributed by atoms with Crippen LogP contribution in [0.2, 0.25) is 0 Å². The van der Waals surface area contributed by atoms with Crippen LogP contribution in [0.3, 0.4) is 0 Å². The molecular formula is C13H25N3O. The van der Waals surface area contributed by atoms with Gasteiger partial charge in [0.05, 0.1) is 6.54 Å². The number of piperidine rings is 1. The monoisotopic (exact) mass is 239 g/mol. The average molecular weight is 239 g/mol. The molecule has 0 radical (unpaired) electrons. The van der Waals surface area contributed by atoms with E-state index in [1.54, 1.807) is 0 Å². The van der Waals surface area contributed by atoms with Gasteiger partial charge in [-0.05, 0) is 45.1 Å². The molecule has 0 bridgehead atoms. The van der Waals surface area contributed by atoms with Crippen LogP contribution in [0, 0.1) is 5.92 Å². The molecule has 4 nitrogen and oxygen atoms in total. The number of likely N-dealkylation sites (N-methyl/N-ethyl adjacent to an activating group) is 1. The fourth-order valence-corrected chi connectivity index (χ4v) is 2.63. The van der Waals surface area contributed by atoms with Crippen molar-refractivity contribution >= 4 is 5.91 Å². The third-order valence-electron chi connectivity index (χ3n) is 4.27. The molecule has 2 atom stereocenters. The van der Waals surface area contributed by atoms with E-state index in [2.05, 4.69) is 11.8 Å². The van der Waals surface area contributed by atoms with Gasteiger partial charge in [-0.15, -0.1) is 0 Å². The van der Waals surface area contributed by atoms with Crippen molar-refractivity contribution in [3.63, 3.8) is 0 Å². The number of nitrogens with zero attached hydrogens (tertiary/aromatic N) is 2. The smallest absolute Gasteiger partial charge is 0.236 e. The zero-order valence-corrected chi connectivity index (χ0v) is 11.1. The Morgan fingerprint density at radius 2 is 2.06 bits per heavy atom. The van der Waals surface area contributed by atoms with Gasteiger partial charge < -0.3 is 10.6 Å². The molecule has 1 amide bonds. The Morgan fingerprint density at radius 3 is 2.65 bits per heavy atom. The lowest BCUT2D eigenvalue weighted by Crippen LogP contribution is -2.48. The van der Waals surface area contributed by atoms with E-state index in [-0.39, 0.29) is 5.91 Å². The summed E-state index contributed by atoms with van der Waals surface area (Å²) in [6.07, 6.45) is 4.75. The lowest BCUT2D eigenvalue weighted by Gasteiger charge is -2.37. The summed E-state index contributed by atoms with van der Waals surface area (Å²) in [7, 11) is 1.94. The largest absolute Gasteiger partial charge is 0.342 e. The van der Waals surface area contributed by atoms with Gasteiger partial charge in [-0.2, -0.15) is 0 Å². The molecule has 1 saturated carbocycles. The van der Waals surface area contributed by atoms with Crippen molar-refractivity contribution in [3.05, 3.63) is 0 Å². The maximum atomic E-state index is 12.1. The molecule has 4 heteroatoms. The van der Waals surface area contributed by atoms with Crippen LogP contribution in [0.4, 0.5) is 0 Å². The van der Waals surface area contributed by atoms with Gasteiger partial charge in [0, 0.05) is 25.7 Å². The summed E-state index contributed by atoms with van der Waals surface area (Å²) in [6.45, 7) is 4.53. The molecule has 0 aromatic carbocycles. The van der Waals surface area contributed by atoms with Crippen molar-refractivity contribution in [2.24, 2.45) is 11.7 Å². The van der Waals surface area contributed by atoms with Crippen LogP contribution < -0.4 is 5.73 Å². The summed E-state index contributed by atoms with van der Waals surface area (Å²) in [5.41, 5.74) is 5.74. The second-order valence-electron chi connectivity index (χ2n) is 5.69. The van der Waals surface area contributed by atoms with Crippen LogP contribution >= 0.6 is 0 Å². The number of hydrogen-bond donors (Lipinski definition) is 1. The fourth-order valence-electron chi connectivity index (χ4n) is 2.63. The first-order valence-electron chi connectivity index (χ1n) is 6.81. The van der Waals surface area contributed by atoms with E-state index in [4.69, 9.17) is 5.73 Å². The number of hydrogen-bond acceptors (Lipinski definition) is 3. The minimum Gasteiger partial charge on any atom is -0.342 e. The SMILES string of the molecule is CC1CCC(CN)CN1CC(=O)N(C)C1CC1. The topological polar surface area (TPSA) is 49.6 Å². The zero-order valence-electron chi connectivity index (χ0n) is 11.1. The maximum absolute atomic E-state index is 12.1. The predicted molar refractivity (Wildman–Crippen MR) is 68.6 cm³/mol. The minimum atomic E-state index is 0.275. The maximum Gasteiger partial charge on any atom is 0.236 e. The number of likely N-dealkylation sites (tertiary alicyclic amines) is 1. The molecule has 17 heavy (non-hydrogen) atoms. The van der Waals surface area contributed by atoms with Gasteiger partial charge in [0.1, 0.15) is 0 Å². The average Bonchev–Trinajstić information content (AvgIpc) is 3.15. The summed E-state index contributed by atoms with van der Waals surface area (Å²) in [5.74, 6) is 0.849. The van der Waals surface area contributed by atoms with Gasteiger partial charge in [0.25, 0.3) is 0 Å². The number of carbonyl (C=O) groups is 1. The molecule has 1 heterocycles. The zero-order chi connectivity index (χ0) is 12.4. The van der Waals surface area contributed by atoms with Gasteiger partial charge in [-0.1, -0.05) is 0 Å². The van der Waals surface area contributed by atoms with E-state index in [9.17, 15) is 4.79 Å². The van der Waals surface area contributed by atoms with Gasteiger partial charge in [-0.3, -0.25) is 9.69 Å². The molecule has 2 unspecified atom stereocenters. The van der Waals surface area contributed by atoms with E-state index in [0.29, 0.717) is 24.5 Å². The number of rotatable bonds is 4. The Balaban J connectivity index is 1.85. The van der Waals surface area contributed by atoms with Crippen LogP contribution in [-0.2, 0) is 4.79 Å². The molecular weight excluding hydrogens is 214 g/mol. The first kappa shape index (κ1) is 12.8. The fraction of sp³-hybridized carbons (Fsp3) is 0.923. The highest BCUT2D eigenvalue weighted by molar-refractivity contribution is 5.78. The molecule has 2 N–H and O–H groups in total. The molecule has 1 aliphatic carbocycles. The second kappa shape index (κ2) is 5.36. The normalized spacial score (nSPS) is 30.3. The van der Waals surface area contributed by atoms with E-state index in [0.717, 1.165) is 13.1 Å². The lowest BCUT2D eigenvalue weighted by molar-refractivity contribution is -0.132. The quantitative estimate of drug-likeness (QED) is 0.784. The third-order valence-corrected chi connectivity index (χ3v) is 4.27. The van der Waals surface area contributed by atoms with Crippen LogP contribution in [0.1, 0.15) is 32.6 Å². The Morgan fingerprint density at radius 1 is 1.35 bits per heavy atom. The highest BCUT2D eigenvalue weighted by atomic mass is 16.2. The summed E-state index contributed by atoms with van der Waals surface area (Å²) < 4.78 is 0. The minimum absolute atomic E-state index is 0.275. The van der Waals surface area contributed by atoms with Gasteiger partial charge >= 0.3 is 0 Å². The predicted octanol–water partition coefficient (Wildman–Crippen LogP) is 0.666. The molecule has 2 rings (SSSR count). The Bertz CT molecular complexity index is 278. The lowest BCUT2D eigenvalue weighted by atomic mass is 9.93. The molecule has 98 valence electrons. The standard InChI is InChI=1S/C13H25N3O/c1-10-3-4-11(7-14)8-16(10)9-13(17)15(2)12-5-6-12/h10-12H,3-9,14H2,1-2H3. The number of carbonyl (C=O) groups excluding carboxylic acids is 1. The van der Waals surface area contributed by atoms with Crippen molar-refractivity contribution in [2.75, 3.05) is 26.7 Å². The molecule has 0 spiro atoms. The van der Waals surface area contributed by atoms with Crippen LogP contribution in [0.15, 0.2) is 0 Å². The van der Waals surface area contributed by atoms with Crippen LogP contribution in [-0.4, -0.2) is 54.5 Å². The molecule has 0 aromatic heterocycles. The number of amides is 1. The Labute approximate surface area is 104 Å². The van der Waals surface area contributed by atoms with Crippen molar-refractivity contribution in [3.8, 4) is 0 Å². The van der Waals surface area contributed by atoms with E-state index >= 15 is 0 Å². The van der Waals surface area contributed by atoms with Crippen molar-refractivity contribution in [2.45, 2.75) is 44.7 Å². The molecule has 2 aliphatic rings. The Kier molecular flexibility index (Phi) is 4.05. The van der Waals surface area contributed by atoms with Crippen molar-refractivity contribution in [1.82, 2.24) is 9.80 Å². The first-order valence-corrected chi connectivity index (χ1v) is 6.81. The van der Waals surface area contributed by atoms with Crippen LogP contribution in [0.25, 0.3) is 0 Å². The highest BCUT2D eigenvalue weighted by Crippen LogP contribution is 2.26. The van der Waals surface area contributed by atoms with Gasteiger partial charge in [0.15, 0.2) is 0 Å². The highest BCUT2D eigenvalue weighted by Gasteiger charge is 2.32. The molecule has 1 aliphatic heterocycles. The van der Waals surface area contributed by atoms with Crippen molar-refractivity contribution in [1.29, 1.82) is 0 Å². The molecule has 0 aromatic rings. The summed E-state index contributed by atoms with van der Waals surface area (Å²) in [4.78, 5) is 16.3. The van der Waals surface area contributed by atoms with Gasteiger partial charge in [-0.25, -0.2) is 0 Å². The Hall–Kier alpha value is -0.610. The number of nitrogens with two attached hydrogens (primary N) is 1. The molecule has 1 saturated heterocycles. The second-order valence-corrected chi connectivity index (χ2v) is 5.69.